The fourth-order valence-corrected chi connectivity index (χ4v) is 3.28. The van der Waals surface area contributed by atoms with Crippen LogP contribution in [0.15, 0.2) is 24.3 Å². The van der Waals surface area contributed by atoms with Crippen LogP contribution in [0, 0.1) is 11.3 Å². The summed E-state index contributed by atoms with van der Waals surface area (Å²) in [5.41, 5.74) is 2.27. The fraction of sp³-hybridized carbons (Fsp3) is 0.611. The summed E-state index contributed by atoms with van der Waals surface area (Å²) in [6, 6.07) is 11.3. The minimum Gasteiger partial charge on any atom is -0.378 e. The molecule has 1 saturated heterocycles. The van der Waals surface area contributed by atoms with E-state index in [1.54, 1.807) is 0 Å². The SMILES string of the molecule is CCC1CN(C(C#N)c2ccc(N(C)C)cc2)CCN1CC. The smallest absolute Gasteiger partial charge is 0.123 e. The van der Waals surface area contributed by atoms with Crippen LogP contribution in [-0.2, 0) is 0 Å². The number of hydrogen-bond acceptors (Lipinski definition) is 4. The molecule has 2 rings (SSSR count). The van der Waals surface area contributed by atoms with Gasteiger partial charge in [-0.2, -0.15) is 5.26 Å². The highest BCUT2D eigenvalue weighted by atomic mass is 15.3. The summed E-state index contributed by atoms with van der Waals surface area (Å²) in [4.78, 5) is 6.95. The molecule has 22 heavy (non-hydrogen) atoms. The van der Waals surface area contributed by atoms with Crippen molar-refractivity contribution in [2.24, 2.45) is 0 Å². The van der Waals surface area contributed by atoms with Crippen molar-refractivity contribution in [3.63, 3.8) is 0 Å². The Morgan fingerprint density at radius 3 is 2.41 bits per heavy atom. The molecule has 0 amide bonds. The summed E-state index contributed by atoms with van der Waals surface area (Å²) >= 11 is 0. The quantitative estimate of drug-likeness (QED) is 0.837. The van der Waals surface area contributed by atoms with Crippen molar-refractivity contribution in [2.75, 3.05) is 45.2 Å². The summed E-state index contributed by atoms with van der Waals surface area (Å²) in [7, 11) is 4.07. The molecule has 4 heteroatoms. The van der Waals surface area contributed by atoms with Crippen molar-refractivity contribution in [3.05, 3.63) is 29.8 Å². The van der Waals surface area contributed by atoms with E-state index in [4.69, 9.17) is 0 Å². The van der Waals surface area contributed by atoms with Crippen LogP contribution in [0.25, 0.3) is 0 Å². The van der Waals surface area contributed by atoms with Gasteiger partial charge in [-0.1, -0.05) is 26.0 Å². The molecular formula is C18H28N4. The molecule has 1 heterocycles. The van der Waals surface area contributed by atoms with Crippen molar-refractivity contribution in [3.8, 4) is 6.07 Å². The molecule has 1 aromatic carbocycles. The van der Waals surface area contributed by atoms with Gasteiger partial charge in [0.05, 0.1) is 6.07 Å². The van der Waals surface area contributed by atoms with E-state index in [2.05, 4.69) is 58.9 Å². The third-order valence-electron chi connectivity index (χ3n) is 4.73. The summed E-state index contributed by atoms with van der Waals surface area (Å²) in [5, 5.41) is 9.68. The van der Waals surface area contributed by atoms with E-state index in [9.17, 15) is 5.26 Å². The van der Waals surface area contributed by atoms with Crippen LogP contribution in [0.1, 0.15) is 31.9 Å². The van der Waals surface area contributed by atoms with E-state index in [1.165, 1.54) is 5.69 Å². The van der Waals surface area contributed by atoms with Gasteiger partial charge in [0, 0.05) is 45.5 Å². The predicted octanol–water partition coefficient (Wildman–Crippen LogP) is 2.73. The van der Waals surface area contributed by atoms with E-state index in [1.807, 2.05) is 14.1 Å². The van der Waals surface area contributed by atoms with Gasteiger partial charge in [0.1, 0.15) is 6.04 Å². The van der Waals surface area contributed by atoms with E-state index in [0.717, 1.165) is 38.2 Å². The van der Waals surface area contributed by atoms with Crippen LogP contribution in [0.4, 0.5) is 5.69 Å². The lowest BCUT2D eigenvalue weighted by Gasteiger charge is -2.42. The number of piperazine rings is 1. The largest absolute Gasteiger partial charge is 0.378 e. The number of nitrogens with zero attached hydrogens (tertiary/aromatic N) is 4. The third kappa shape index (κ3) is 3.60. The second-order valence-electron chi connectivity index (χ2n) is 6.20. The number of hydrogen-bond donors (Lipinski definition) is 0. The first-order chi connectivity index (χ1) is 10.6. The van der Waals surface area contributed by atoms with Gasteiger partial charge in [-0.3, -0.25) is 9.80 Å². The Hall–Kier alpha value is -1.57. The molecular weight excluding hydrogens is 272 g/mol. The average molecular weight is 300 g/mol. The Labute approximate surface area is 134 Å². The van der Waals surface area contributed by atoms with Crippen LogP contribution in [0.5, 0.6) is 0 Å². The molecule has 0 aliphatic carbocycles. The maximum Gasteiger partial charge on any atom is 0.123 e. The van der Waals surface area contributed by atoms with E-state index in [0.29, 0.717) is 6.04 Å². The second-order valence-corrected chi connectivity index (χ2v) is 6.20. The zero-order chi connectivity index (χ0) is 16.1. The van der Waals surface area contributed by atoms with Gasteiger partial charge in [-0.05, 0) is 30.7 Å². The van der Waals surface area contributed by atoms with Gasteiger partial charge in [-0.15, -0.1) is 0 Å². The van der Waals surface area contributed by atoms with Crippen LogP contribution in [-0.4, -0.2) is 56.1 Å². The predicted molar refractivity (Wildman–Crippen MR) is 92.0 cm³/mol. The Morgan fingerprint density at radius 1 is 1.23 bits per heavy atom. The van der Waals surface area contributed by atoms with E-state index >= 15 is 0 Å². The summed E-state index contributed by atoms with van der Waals surface area (Å²) in [6.07, 6.45) is 1.14. The monoisotopic (exact) mass is 300 g/mol. The molecule has 0 radical (unpaired) electrons. The average Bonchev–Trinajstić information content (AvgIpc) is 2.55. The number of likely N-dealkylation sites (N-methyl/N-ethyl adjacent to an activating group) is 1. The zero-order valence-electron chi connectivity index (χ0n) is 14.3. The molecule has 1 aliphatic rings. The molecule has 0 bridgehead atoms. The highest BCUT2D eigenvalue weighted by Gasteiger charge is 2.29. The number of rotatable bonds is 5. The lowest BCUT2D eigenvalue weighted by atomic mass is 10.0. The molecule has 0 aromatic heterocycles. The minimum atomic E-state index is -0.135. The zero-order valence-corrected chi connectivity index (χ0v) is 14.3. The molecule has 0 N–H and O–H groups in total. The summed E-state index contributed by atoms with van der Waals surface area (Å²) in [6.45, 7) is 8.57. The van der Waals surface area contributed by atoms with Crippen molar-refractivity contribution in [1.82, 2.24) is 9.80 Å². The summed E-state index contributed by atoms with van der Waals surface area (Å²) < 4.78 is 0. The molecule has 1 fully saturated rings. The normalized spacial score (nSPS) is 21.3. The topological polar surface area (TPSA) is 33.5 Å². The third-order valence-corrected chi connectivity index (χ3v) is 4.73. The molecule has 1 aliphatic heterocycles. The number of benzene rings is 1. The lowest BCUT2D eigenvalue weighted by Crippen LogP contribution is -2.53. The Balaban J connectivity index is 2.13. The van der Waals surface area contributed by atoms with Crippen molar-refractivity contribution >= 4 is 5.69 Å². The van der Waals surface area contributed by atoms with E-state index in [-0.39, 0.29) is 6.04 Å². The highest BCUT2D eigenvalue weighted by Crippen LogP contribution is 2.26. The van der Waals surface area contributed by atoms with Crippen molar-refractivity contribution in [1.29, 1.82) is 5.26 Å². The first kappa shape index (κ1) is 16.8. The molecule has 4 nitrogen and oxygen atoms in total. The minimum absolute atomic E-state index is 0.135. The molecule has 120 valence electrons. The molecule has 0 spiro atoms. The fourth-order valence-electron chi connectivity index (χ4n) is 3.28. The van der Waals surface area contributed by atoms with Gasteiger partial charge >= 0.3 is 0 Å². The molecule has 2 unspecified atom stereocenters. The van der Waals surface area contributed by atoms with Crippen LogP contribution in [0.2, 0.25) is 0 Å². The van der Waals surface area contributed by atoms with Gasteiger partial charge < -0.3 is 4.90 Å². The van der Waals surface area contributed by atoms with Crippen LogP contribution < -0.4 is 4.90 Å². The van der Waals surface area contributed by atoms with Gasteiger partial charge in [0.15, 0.2) is 0 Å². The molecule has 1 aromatic rings. The first-order valence-electron chi connectivity index (χ1n) is 8.25. The van der Waals surface area contributed by atoms with Crippen molar-refractivity contribution < 1.29 is 0 Å². The Kier molecular flexibility index (Phi) is 5.82. The van der Waals surface area contributed by atoms with Gasteiger partial charge in [-0.25, -0.2) is 0 Å². The van der Waals surface area contributed by atoms with Gasteiger partial charge in [0.2, 0.25) is 0 Å². The summed E-state index contributed by atoms with van der Waals surface area (Å²) in [5.74, 6) is 0. The second kappa shape index (κ2) is 7.62. The first-order valence-corrected chi connectivity index (χ1v) is 8.25. The van der Waals surface area contributed by atoms with Crippen LogP contribution in [0.3, 0.4) is 0 Å². The maximum absolute atomic E-state index is 9.68. The van der Waals surface area contributed by atoms with Crippen LogP contribution >= 0.6 is 0 Å². The molecule has 0 saturated carbocycles. The number of anilines is 1. The van der Waals surface area contributed by atoms with E-state index < -0.39 is 0 Å². The Morgan fingerprint density at radius 2 is 1.91 bits per heavy atom. The highest BCUT2D eigenvalue weighted by molar-refractivity contribution is 5.47. The van der Waals surface area contributed by atoms with Crippen molar-refractivity contribution in [2.45, 2.75) is 32.4 Å². The Bertz CT molecular complexity index is 503. The van der Waals surface area contributed by atoms with Gasteiger partial charge in [0.25, 0.3) is 0 Å². The lowest BCUT2D eigenvalue weighted by molar-refractivity contribution is 0.0623. The standard InChI is InChI=1S/C18H28N4/c1-5-16-14-22(12-11-21(16)6-2)18(13-19)15-7-9-17(10-8-15)20(3)4/h7-10,16,18H,5-6,11-12,14H2,1-4H3. The number of nitriles is 1. The maximum atomic E-state index is 9.68. The molecule has 2 atom stereocenters.